The van der Waals surface area contributed by atoms with Crippen LogP contribution in [0.1, 0.15) is 5.69 Å². The van der Waals surface area contributed by atoms with Crippen molar-refractivity contribution in [2.75, 3.05) is 19.1 Å². The second-order valence-electron chi connectivity index (χ2n) is 4.72. The molecule has 4 nitrogen and oxygen atoms in total. The Balaban J connectivity index is 2.50. The Bertz CT molecular complexity index is 779. The Morgan fingerprint density at radius 2 is 2.10 bits per heavy atom. The molecule has 21 heavy (non-hydrogen) atoms. The Morgan fingerprint density at radius 3 is 2.76 bits per heavy atom. The van der Waals surface area contributed by atoms with Gasteiger partial charge in [0.2, 0.25) is 0 Å². The molecule has 0 aliphatic heterocycles. The van der Waals surface area contributed by atoms with E-state index in [1.54, 1.807) is 31.8 Å². The van der Waals surface area contributed by atoms with E-state index in [2.05, 4.69) is 42.3 Å². The van der Waals surface area contributed by atoms with Gasteiger partial charge in [-0.2, -0.15) is 0 Å². The fourth-order valence-electron chi connectivity index (χ4n) is 1.81. The van der Waals surface area contributed by atoms with Crippen molar-refractivity contribution in [3.8, 4) is 22.4 Å². The number of nitrogens with zero attached hydrogens (tertiary/aromatic N) is 2. The van der Waals surface area contributed by atoms with Crippen LogP contribution in [-0.2, 0) is 4.57 Å². The highest BCUT2D eigenvalue weighted by Gasteiger charge is 2.16. The van der Waals surface area contributed by atoms with E-state index < -0.39 is 7.14 Å². The second kappa shape index (κ2) is 6.82. The van der Waals surface area contributed by atoms with Crippen LogP contribution in [0.25, 0.3) is 11.3 Å². The van der Waals surface area contributed by atoms with Gasteiger partial charge in [-0.1, -0.05) is 6.07 Å². The topological polar surface area (TPSA) is 68.9 Å². The molecule has 0 aliphatic carbocycles. The molecular weight excluding hydrogens is 416 g/mol. The minimum absolute atomic E-state index is 0.539. The second-order valence-corrected chi connectivity index (χ2v) is 9.58. The van der Waals surface area contributed by atoms with Crippen LogP contribution in [0.2, 0.25) is 0 Å². The molecule has 2 aromatic rings. The summed E-state index contributed by atoms with van der Waals surface area (Å²) in [4.78, 5) is 8.60. The SMILES string of the molecule is CP(C)(=O)c1cc(-c2cncc(C#CSI)n2)ccc1N. The lowest BCUT2D eigenvalue weighted by molar-refractivity contribution is 0.588. The molecule has 1 aromatic carbocycles. The average molecular weight is 429 g/mol. The fourth-order valence-corrected chi connectivity index (χ4v) is 3.43. The lowest BCUT2D eigenvalue weighted by Gasteiger charge is -2.12. The summed E-state index contributed by atoms with van der Waals surface area (Å²) < 4.78 is 12.3. The molecular formula is C14H13IN3OPS. The van der Waals surface area contributed by atoms with E-state index in [1.165, 1.54) is 8.93 Å². The minimum atomic E-state index is -2.44. The zero-order chi connectivity index (χ0) is 15.5. The van der Waals surface area contributed by atoms with Crippen LogP contribution in [0.4, 0.5) is 5.69 Å². The van der Waals surface area contributed by atoms with E-state index >= 15 is 0 Å². The largest absolute Gasteiger partial charge is 0.398 e. The number of rotatable bonds is 2. The molecule has 0 saturated carbocycles. The van der Waals surface area contributed by atoms with Gasteiger partial charge in [-0.3, -0.25) is 4.98 Å². The van der Waals surface area contributed by atoms with Gasteiger partial charge in [0.1, 0.15) is 12.8 Å². The zero-order valence-electron chi connectivity index (χ0n) is 11.5. The van der Waals surface area contributed by atoms with Gasteiger partial charge < -0.3 is 10.3 Å². The summed E-state index contributed by atoms with van der Waals surface area (Å²) in [7, 11) is -1.04. The van der Waals surface area contributed by atoms with E-state index in [4.69, 9.17) is 5.73 Å². The van der Waals surface area contributed by atoms with E-state index in [0.29, 0.717) is 22.4 Å². The molecule has 2 rings (SSSR count). The van der Waals surface area contributed by atoms with Crippen LogP contribution in [0.15, 0.2) is 30.6 Å². The summed E-state index contributed by atoms with van der Waals surface area (Å²) in [6, 6.07) is 5.43. The zero-order valence-corrected chi connectivity index (χ0v) is 15.4. The summed E-state index contributed by atoms with van der Waals surface area (Å²) in [5, 5.41) is 3.54. The van der Waals surface area contributed by atoms with Crippen LogP contribution in [-0.4, -0.2) is 23.3 Å². The summed E-state index contributed by atoms with van der Waals surface area (Å²) in [5.41, 5.74) is 8.58. The number of benzene rings is 1. The third-order valence-electron chi connectivity index (χ3n) is 2.76. The van der Waals surface area contributed by atoms with Gasteiger partial charge in [0.25, 0.3) is 0 Å². The molecule has 0 aliphatic rings. The molecule has 0 amide bonds. The molecule has 1 aromatic heterocycles. The highest BCUT2D eigenvalue weighted by molar-refractivity contribution is 14.2. The van der Waals surface area contributed by atoms with Gasteiger partial charge in [-0.25, -0.2) is 4.98 Å². The summed E-state index contributed by atoms with van der Waals surface area (Å²) in [5.74, 6) is 2.91. The Hall–Kier alpha value is -1.03. The van der Waals surface area contributed by atoms with Crippen molar-refractivity contribution in [2.45, 2.75) is 0 Å². The summed E-state index contributed by atoms with van der Waals surface area (Å²) in [6.45, 7) is 3.40. The smallest absolute Gasteiger partial charge is 0.133 e. The quantitative estimate of drug-likeness (QED) is 0.343. The molecule has 2 N–H and O–H groups in total. The predicted octanol–water partition coefficient (Wildman–Crippen LogP) is 3.37. The third kappa shape index (κ3) is 4.22. The van der Waals surface area contributed by atoms with Crippen LogP contribution >= 0.6 is 37.3 Å². The van der Waals surface area contributed by atoms with Gasteiger partial charge in [0.15, 0.2) is 0 Å². The first kappa shape index (κ1) is 16.3. The molecule has 1 heterocycles. The number of nitrogens with two attached hydrogens (primary N) is 1. The summed E-state index contributed by atoms with van der Waals surface area (Å²) in [6.07, 6.45) is 3.28. The maximum atomic E-state index is 12.3. The molecule has 0 fully saturated rings. The van der Waals surface area contributed by atoms with E-state index in [1.807, 2.05) is 12.1 Å². The molecule has 7 heteroatoms. The average Bonchev–Trinajstić information content (AvgIpc) is 2.44. The monoisotopic (exact) mass is 429 g/mol. The lowest BCUT2D eigenvalue weighted by atomic mass is 10.1. The van der Waals surface area contributed by atoms with Crippen LogP contribution < -0.4 is 11.0 Å². The van der Waals surface area contributed by atoms with Crippen LogP contribution in [0.5, 0.6) is 0 Å². The van der Waals surface area contributed by atoms with Crippen molar-refractivity contribution < 1.29 is 4.57 Å². The number of hydrogen-bond acceptors (Lipinski definition) is 5. The predicted molar refractivity (Wildman–Crippen MR) is 99.5 cm³/mol. The third-order valence-corrected chi connectivity index (χ3v) is 5.15. The van der Waals surface area contributed by atoms with Gasteiger partial charge in [0.05, 0.1) is 18.1 Å². The highest BCUT2D eigenvalue weighted by Crippen LogP contribution is 2.38. The lowest BCUT2D eigenvalue weighted by Crippen LogP contribution is -2.10. The Kier molecular flexibility index (Phi) is 5.31. The maximum Gasteiger partial charge on any atom is 0.133 e. The molecule has 0 spiro atoms. The number of nitrogen functional groups attached to an aromatic ring is 1. The highest BCUT2D eigenvalue weighted by atomic mass is 127. The molecule has 0 bridgehead atoms. The van der Waals surface area contributed by atoms with Crippen LogP contribution in [0.3, 0.4) is 0 Å². The molecule has 0 unspecified atom stereocenters. The van der Waals surface area contributed by atoms with Crippen molar-refractivity contribution in [2.24, 2.45) is 0 Å². The molecule has 108 valence electrons. The Morgan fingerprint density at radius 1 is 1.33 bits per heavy atom. The van der Waals surface area contributed by atoms with Crippen molar-refractivity contribution in [1.29, 1.82) is 0 Å². The van der Waals surface area contributed by atoms with Crippen molar-refractivity contribution in [3.05, 3.63) is 36.3 Å². The number of hydrogen-bond donors (Lipinski definition) is 1. The molecule has 0 atom stereocenters. The first-order chi connectivity index (χ1) is 9.91. The summed E-state index contributed by atoms with van der Waals surface area (Å²) >= 11 is 2.10. The first-order valence-corrected chi connectivity index (χ1v) is 11.9. The normalized spacial score (nSPS) is 10.8. The van der Waals surface area contributed by atoms with E-state index in [0.717, 1.165) is 5.56 Å². The van der Waals surface area contributed by atoms with Crippen molar-refractivity contribution >= 4 is 48.3 Å². The fraction of sp³-hybridized carbons (Fsp3) is 0.143. The minimum Gasteiger partial charge on any atom is -0.398 e. The van der Waals surface area contributed by atoms with Crippen molar-refractivity contribution in [3.63, 3.8) is 0 Å². The van der Waals surface area contributed by atoms with Gasteiger partial charge in [-0.05, 0) is 45.6 Å². The first-order valence-electron chi connectivity index (χ1n) is 5.98. The number of aromatic nitrogens is 2. The van der Waals surface area contributed by atoms with Crippen LogP contribution in [0, 0.1) is 11.2 Å². The van der Waals surface area contributed by atoms with Gasteiger partial charge in [0, 0.05) is 37.8 Å². The van der Waals surface area contributed by atoms with Crippen molar-refractivity contribution in [1.82, 2.24) is 9.97 Å². The van der Waals surface area contributed by atoms with E-state index in [9.17, 15) is 4.57 Å². The van der Waals surface area contributed by atoms with Gasteiger partial charge in [-0.15, -0.1) is 0 Å². The molecule has 0 radical (unpaired) electrons. The standard InChI is InChI=1S/C14H13IN3OPS/c1-20(2,19)14-7-10(3-4-12(14)16)13-9-17-8-11(18-13)5-6-21-15/h3-4,7-9H,16H2,1-2H3. The maximum absolute atomic E-state index is 12.3. The number of halogens is 1. The molecule has 0 saturated heterocycles. The number of anilines is 1. The Labute approximate surface area is 140 Å². The van der Waals surface area contributed by atoms with E-state index in [-0.39, 0.29) is 0 Å². The van der Waals surface area contributed by atoms with Gasteiger partial charge >= 0.3 is 0 Å².